The lowest BCUT2D eigenvalue weighted by atomic mass is 10.3. The summed E-state index contributed by atoms with van der Waals surface area (Å²) in [5.41, 5.74) is 0.527. The molecule has 0 aliphatic carbocycles. The first-order valence-corrected chi connectivity index (χ1v) is 9.02. The Morgan fingerprint density at radius 2 is 1.96 bits per heavy atom. The van der Waals surface area contributed by atoms with Crippen LogP contribution < -0.4 is 14.8 Å². The molecule has 1 amide bonds. The molecule has 0 radical (unpaired) electrons. The fraction of sp³-hybridized carbons (Fsp3) is 0.250. The average molecular weight is 348 g/mol. The minimum Gasteiger partial charge on any atom is -0.486 e. The number of carbonyl (C=O) groups excluding carboxylic acids is 1. The largest absolute Gasteiger partial charge is 0.486 e. The number of aromatic nitrogens is 1. The van der Waals surface area contributed by atoms with Crippen LogP contribution in [0.2, 0.25) is 0 Å². The molecule has 0 fully saturated rings. The van der Waals surface area contributed by atoms with Gasteiger partial charge < -0.3 is 14.8 Å². The van der Waals surface area contributed by atoms with Gasteiger partial charge in [-0.3, -0.25) is 9.78 Å². The molecule has 1 N–H and O–H groups in total. The molecule has 0 unspecified atom stereocenters. The van der Waals surface area contributed by atoms with Crippen LogP contribution in [-0.2, 0) is 14.6 Å². The molecule has 0 bridgehead atoms. The lowest BCUT2D eigenvalue weighted by Crippen LogP contribution is -2.18. The number of fused-ring (bicyclic) bond motifs is 1. The summed E-state index contributed by atoms with van der Waals surface area (Å²) in [5, 5.41) is 2.61. The highest BCUT2D eigenvalue weighted by atomic mass is 32.2. The van der Waals surface area contributed by atoms with Crippen LogP contribution in [0.1, 0.15) is 6.42 Å². The maximum atomic E-state index is 12.4. The van der Waals surface area contributed by atoms with Gasteiger partial charge in [0.05, 0.1) is 22.5 Å². The molecule has 7 nitrogen and oxygen atoms in total. The normalized spacial score (nSPS) is 13.3. The summed E-state index contributed by atoms with van der Waals surface area (Å²) in [7, 11) is -3.59. The molecule has 3 rings (SSSR count). The summed E-state index contributed by atoms with van der Waals surface area (Å²) in [5.74, 6) is 0.249. The first kappa shape index (κ1) is 16.3. The number of sulfone groups is 1. The lowest BCUT2D eigenvalue weighted by molar-refractivity contribution is -0.115. The summed E-state index contributed by atoms with van der Waals surface area (Å²) < 4.78 is 35.5. The molecule has 1 aromatic heterocycles. The van der Waals surface area contributed by atoms with Crippen molar-refractivity contribution >= 4 is 21.4 Å². The fourth-order valence-corrected chi connectivity index (χ4v) is 3.47. The molecule has 1 aliphatic heterocycles. The topological polar surface area (TPSA) is 94.6 Å². The number of benzene rings is 1. The molecule has 126 valence electrons. The number of hydrogen-bond acceptors (Lipinski definition) is 6. The van der Waals surface area contributed by atoms with Gasteiger partial charge in [0, 0.05) is 18.7 Å². The van der Waals surface area contributed by atoms with Gasteiger partial charge >= 0.3 is 0 Å². The molecule has 0 atom stereocenters. The van der Waals surface area contributed by atoms with E-state index in [1.54, 1.807) is 24.4 Å². The van der Waals surface area contributed by atoms with E-state index in [9.17, 15) is 13.2 Å². The standard InChI is InChI=1S/C16H16N2O5S/c19-16(18-12-2-1-6-17-11-12)5-9-24(20,21)13-3-4-14-15(10-13)23-8-7-22-14/h1-4,6,10-11H,5,7-9H2,(H,18,19). The van der Waals surface area contributed by atoms with Gasteiger partial charge in [-0.15, -0.1) is 0 Å². The van der Waals surface area contributed by atoms with Crippen molar-refractivity contribution in [1.82, 2.24) is 4.98 Å². The predicted molar refractivity (Wildman–Crippen MR) is 87.0 cm³/mol. The molecular formula is C16H16N2O5S. The Labute approximate surface area is 139 Å². The Bertz CT molecular complexity index is 837. The van der Waals surface area contributed by atoms with E-state index >= 15 is 0 Å². The molecule has 0 spiro atoms. The third-order valence-corrected chi connectivity index (χ3v) is 5.13. The number of anilines is 1. The summed E-state index contributed by atoms with van der Waals surface area (Å²) in [6.07, 6.45) is 2.93. The highest BCUT2D eigenvalue weighted by Crippen LogP contribution is 2.32. The maximum absolute atomic E-state index is 12.4. The van der Waals surface area contributed by atoms with Gasteiger partial charge in [-0.05, 0) is 24.3 Å². The van der Waals surface area contributed by atoms with Gasteiger partial charge in [0.15, 0.2) is 21.3 Å². The van der Waals surface area contributed by atoms with Crippen molar-refractivity contribution < 1.29 is 22.7 Å². The minimum absolute atomic E-state index is 0.112. The van der Waals surface area contributed by atoms with E-state index in [0.29, 0.717) is 30.4 Å². The molecule has 24 heavy (non-hydrogen) atoms. The van der Waals surface area contributed by atoms with E-state index in [-0.39, 0.29) is 23.0 Å². The van der Waals surface area contributed by atoms with E-state index in [1.807, 2.05) is 0 Å². The van der Waals surface area contributed by atoms with Crippen molar-refractivity contribution in [2.45, 2.75) is 11.3 Å². The molecule has 8 heteroatoms. The van der Waals surface area contributed by atoms with Gasteiger partial charge in [0.2, 0.25) is 5.91 Å². The summed E-state index contributed by atoms with van der Waals surface area (Å²) in [6, 6.07) is 7.82. The van der Waals surface area contributed by atoms with Gasteiger partial charge in [-0.1, -0.05) is 0 Å². The lowest BCUT2D eigenvalue weighted by Gasteiger charge is -2.18. The van der Waals surface area contributed by atoms with Crippen LogP contribution in [0.4, 0.5) is 5.69 Å². The van der Waals surface area contributed by atoms with E-state index in [2.05, 4.69) is 10.3 Å². The second kappa shape index (κ2) is 6.88. The van der Waals surface area contributed by atoms with Crippen molar-refractivity contribution in [2.24, 2.45) is 0 Å². The molecule has 0 saturated carbocycles. The zero-order valence-electron chi connectivity index (χ0n) is 12.8. The number of carbonyl (C=O) groups is 1. The quantitative estimate of drug-likeness (QED) is 0.883. The number of pyridine rings is 1. The third-order valence-electron chi connectivity index (χ3n) is 3.42. The van der Waals surface area contributed by atoms with Crippen LogP contribution in [0.5, 0.6) is 11.5 Å². The van der Waals surface area contributed by atoms with Crippen molar-refractivity contribution in [1.29, 1.82) is 0 Å². The second-order valence-electron chi connectivity index (χ2n) is 5.16. The van der Waals surface area contributed by atoms with Gasteiger partial charge in [0.1, 0.15) is 13.2 Å². The van der Waals surface area contributed by atoms with E-state index in [4.69, 9.17) is 9.47 Å². The summed E-state index contributed by atoms with van der Waals surface area (Å²) >= 11 is 0. The van der Waals surface area contributed by atoms with E-state index in [0.717, 1.165) is 0 Å². The van der Waals surface area contributed by atoms with Gasteiger partial charge in [0.25, 0.3) is 0 Å². The Morgan fingerprint density at radius 3 is 2.71 bits per heavy atom. The Morgan fingerprint density at radius 1 is 1.17 bits per heavy atom. The zero-order valence-corrected chi connectivity index (χ0v) is 13.6. The van der Waals surface area contributed by atoms with E-state index in [1.165, 1.54) is 18.3 Å². The summed E-state index contributed by atoms with van der Waals surface area (Å²) in [6.45, 7) is 0.817. The average Bonchev–Trinajstić information content (AvgIpc) is 2.60. The number of hydrogen-bond donors (Lipinski definition) is 1. The van der Waals surface area contributed by atoms with Crippen molar-refractivity contribution in [2.75, 3.05) is 24.3 Å². The van der Waals surface area contributed by atoms with Crippen molar-refractivity contribution in [3.05, 3.63) is 42.7 Å². The monoisotopic (exact) mass is 348 g/mol. The van der Waals surface area contributed by atoms with Crippen LogP contribution >= 0.6 is 0 Å². The molecule has 1 aliphatic rings. The first-order chi connectivity index (χ1) is 11.5. The van der Waals surface area contributed by atoms with Crippen LogP contribution in [0.15, 0.2) is 47.6 Å². The highest BCUT2D eigenvalue weighted by Gasteiger charge is 2.20. The highest BCUT2D eigenvalue weighted by molar-refractivity contribution is 7.91. The fourth-order valence-electron chi connectivity index (χ4n) is 2.22. The van der Waals surface area contributed by atoms with Crippen LogP contribution in [-0.4, -0.2) is 38.3 Å². The van der Waals surface area contributed by atoms with Crippen molar-refractivity contribution in [3.8, 4) is 11.5 Å². The van der Waals surface area contributed by atoms with Gasteiger partial charge in [-0.2, -0.15) is 0 Å². The molecular weight excluding hydrogens is 332 g/mol. The Hall–Kier alpha value is -2.61. The molecule has 2 aromatic rings. The molecule has 1 aromatic carbocycles. The van der Waals surface area contributed by atoms with Crippen LogP contribution in [0.25, 0.3) is 0 Å². The number of nitrogens with zero attached hydrogens (tertiary/aromatic N) is 1. The van der Waals surface area contributed by atoms with Crippen LogP contribution in [0.3, 0.4) is 0 Å². The maximum Gasteiger partial charge on any atom is 0.225 e. The zero-order chi connectivity index (χ0) is 17.0. The predicted octanol–water partition coefficient (Wildman–Crippen LogP) is 1.66. The Kier molecular flexibility index (Phi) is 4.66. The second-order valence-corrected chi connectivity index (χ2v) is 7.27. The third kappa shape index (κ3) is 3.83. The number of amides is 1. The van der Waals surface area contributed by atoms with Crippen molar-refractivity contribution in [3.63, 3.8) is 0 Å². The number of nitrogens with one attached hydrogen (secondary N) is 1. The smallest absolute Gasteiger partial charge is 0.225 e. The number of rotatable bonds is 5. The number of ether oxygens (including phenoxy) is 2. The van der Waals surface area contributed by atoms with E-state index < -0.39 is 9.84 Å². The summed E-state index contributed by atoms with van der Waals surface area (Å²) in [4.78, 5) is 15.9. The van der Waals surface area contributed by atoms with Gasteiger partial charge in [-0.25, -0.2) is 8.42 Å². The first-order valence-electron chi connectivity index (χ1n) is 7.37. The van der Waals surface area contributed by atoms with Crippen LogP contribution in [0, 0.1) is 0 Å². The minimum atomic E-state index is -3.59. The molecule has 2 heterocycles. The molecule has 0 saturated heterocycles. The Balaban J connectivity index is 1.64. The SMILES string of the molecule is O=C(CCS(=O)(=O)c1ccc2c(c1)OCCO2)Nc1cccnc1.